The van der Waals surface area contributed by atoms with Crippen molar-refractivity contribution in [3.63, 3.8) is 0 Å². The number of amides is 2. The summed E-state index contributed by atoms with van der Waals surface area (Å²) >= 11 is 0. The van der Waals surface area contributed by atoms with Gasteiger partial charge < -0.3 is 20.1 Å². The predicted octanol–water partition coefficient (Wildman–Crippen LogP) is 4.19. The Labute approximate surface area is 230 Å². The normalized spacial score (nSPS) is 17.7. The Balaban J connectivity index is 1.33. The fourth-order valence-corrected chi connectivity index (χ4v) is 4.88. The number of halogens is 1. The molecule has 1 saturated heterocycles. The Morgan fingerprint density at radius 2 is 2.02 bits per heavy atom. The van der Waals surface area contributed by atoms with E-state index in [4.69, 9.17) is 4.52 Å². The highest BCUT2D eigenvalue weighted by atomic mass is 19.1. The molecule has 1 fully saturated rings. The minimum Gasteiger partial charge on any atom is -0.364 e. The van der Waals surface area contributed by atoms with Crippen molar-refractivity contribution in [1.29, 1.82) is 0 Å². The molecule has 4 aromatic rings. The average Bonchev–Trinajstić information content (AvgIpc) is 3.57. The number of aromatic amines is 1. The second-order valence-electron chi connectivity index (χ2n) is 11.3. The number of carbonyl (C=O) groups is 2. The van der Waals surface area contributed by atoms with Crippen LogP contribution in [-0.2, 0) is 16.8 Å². The second kappa shape index (κ2) is 10.7. The van der Waals surface area contributed by atoms with E-state index in [1.807, 2.05) is 31.7 Å². The first kappa shape index (κ1) is 27.2. The highest BCUT2D eigenvalue weighted by Gasteiger charge is 2.28. The van der Waals surface area contributed by atoms with Crippen molar-refractivity contribution in [2.24, 2.45) is 0 Å². The van der Waals surface area contributed by atoms with E-state index in [-0.39, 0.29) is 35.8 Å². The van der Waals surface area contributed by atoms with Gasteiger partial charge in [-0.15, -0.1) is 0 Å². The second-order valence-corrected chi connectivity index (χ2v) is 11.3. The molecule has 3 aromatic heterocycles. The van der Waals surface area contributed by atoms with Crippen LogP contribution in [0, 0.1) is 5.82 Å². The van der Waals surface area contributed by atoms with Crippen LogP contribution in [0.2, 0.25) is 0 Å². The Morgan fingerprint density at radius 1 is 1.23 bits per heavy atom. The Morgan fingerprint density at radius 3 is 2.73 bits per heavy atom. The van der Waals surface area contributed by atoms with Crippen LogP contribution >= 0.6 is 0 Å². The monoisotopic (exact) mass is 548 g/mol. The Bertz CT molecular complexity index is 1560. The number of nitrogens with one attached hydrogen (secondary N) is 3. The summed E-state index contributed by atoms with van der Waals surface area (Å²) < 4.78 is 20.3. The van der Waals surface area contributed by atoms with Crippen LogP contribution in [0.1, 0.15) is 69.5 Å². The first-order valence-electron chi connectivity index (χ1n) is 13.3. The summed E-state index contributed by atoms with van der Waals surface area (Å²) in [7, 11) is 0. The molecular formula is C28H33FN8O3. The molecule has 1 aliphatic heterocycles. The summed E-state index contributed by atoms with van der Waals surface area (Å²) in [6.07, 6.45) is 3.42. The van der Waals surface area contributed by atoms with Crippen molar-refractivity contribution in [3.8, 4) is 11.1 Å². The minimum atomic E-state index is -0.572. The van der Waals surface area contributed by atoms with Crippen molar-refractivity contribution in [2.75, 3.05) is 11.9 Å². The number of benzene rings is 1. The first-order valence-corrected chi connectivity index (χ1v) is 13.3. The lowest BCUT2D eigenvalue weighted by Gasteiger charge is -2.37. The zero-order chi connectivity index (χ0) is 28.6. The molecule has 2 atom stereocenters. The van der Waals surface area contributed by atoms with E-state index >= 15 is 4.39 Å². The van der Waals surface area contributed by atoms with E-state index in [1.54, 1.807) is 25.3 Å². The fraction of sp³-hybridized carbons (Fsp3) is 0.429. The van der Waals surface area contributed by atoms with E-state index in [1.165, 1.54) is 6.07 Å². The largest absolute Gasteiger partial charge is 0.364 e. The van der Waals surface area contributed by atoms with E-state index in [2.05, 4.69) is 42.9 Å². The molecule has 210 valence electrons. The molecule has 0 radical (unpaired) electrons. The maximum atomic E-state index is 15.2. The molecule has 0 saturated carbocycles. The highest BCUT2D eigenvalue weighted by molar-refractivity contribution is 6.00. The Hall–Kier alpha value is -4.35. The summed E-state index contributed by atoms with van der Waals surface area (Å²) in [5.74, 6) is -0.144. The van der Waals surface area contributed by atoms with Crippen molar-refractivity contribution in [2.45, 2.75) is 71.5 Å². The quantitative estimate of drug-likeness (QED) is 0.326. The van der Waals surface area contributed by atoms with Crippen LogP contribution in [0.5, 0.6) is 0 Å². The van der Waals surface area contributed by atoms with Crippen LogP contribution < -0.4 is 10.6 Å². The lowest BCUT2D eigenvalue weighted by Crippen LogP contribution is -2.48. The third-order valence-corrected chi connectivity index (χ3v) is 7.18. The topological polar surface area (TPSA) is 142 Å². The van der Waals surface area contributed by atoms with Gasteiger partial charge in [0.25, 0.3) is 0 Å². The molecule has 1 aliphatic rings. The van der Waals surface area contributed by atoms with Crippen LogP contribution in [0.4, 0.5) is 10.2 Å². The minimum absolute atomic E-state index is 0.0284. The van der Waals surface area contributed by atoms with Gasteiger partial charge in [0.1, 0.15) is 5.82 Å². The maximum Gasteiger partial charge on any atom is 0.315 e. The molecular weight excluding hydrogens is 515 g/mol. The summed E-state index contributed by atoms with van der Waals surface area (Å²) in [5.41, 5.74) is 1.90. The van der Waals surface area contributed by atoms with Gasteiger partial charge in [-0.05, 0) is 43.0 Å². The predicted molar refractivity (Wildman–Crippen MR) is 147 cm³/mol. The van der Waals surface area contributed by atoms with Crippen molar-refractivity contribution >= 4 is 28.7 Å². The first-order chi connectivity index (χ1) is 19.0. The molecule has 1 aromatic carbocycles. The molecule has 0 spiro atoms. The standard InChI is InChI=1S/C28H33FN8O3/c1-15-6-9-19(14-37(15)16(2)38)32-24-22-20(10-11-30-23(22)34-35-24)17-7-8-18(21(29)12-17)13-31-25(39)26-33-27(36-40-26)28(3,4)5/h7-8,10-12,15,19H,6,9,13-14H2,1-5H3,(H,31,39)(H2,30,32,34,35)/t15-,19+/m0/s1. The third-order valence-electron chi connectivity index (χ3n) is 7.18. The van der Waals surface area contributed by atoms with Gasteiger partial charge in [-0.2, -0.15) is 10.1 Å². The van der Waals surface area contributed by atoms with E-state index in [0.29, 0.717) is 35.0 Å². The van der Waals surface area contributed by atoms with Gasteiger partial charge in [0.05, 0.1) is 5.39 Å². The average molecular weight is 549 g/mol. The summed E-state index contributed by atoms with van der Waals surface area (Å²) in [5, 5.41) is 18.1. The maximum absolute atomic E-state index is 15.2. The highest BCUT2D eigenvalue weighted by Crippen LogP contribution is 2.33. The number of likely N-dealkylation sites (tertiary alicyclic amines) is 1. The summed E-state index contributed by atoms with van der Waals surface area (Å²) in [4.78, 5) is 34.9. The molecule has 0 bridgehead atoms. The van der Waals surface area contributed by atoms with Crippen LogP contribution in [-0.4, -0.2) is 60.7 Å². The summed E-state index contributed by atoms with van der Waals surface area (Å²) in [6.45, 7) is 9.91. The zero-order valence-electron chi connectivity index (χ0n) is 23.2. The van der Waals surface area contributed by atoms with E-state index in [9.17, 15) is 9.59 Å². The smallest absolute Gasteiger partial charge is 0.315 e. The van der Waals surface area contributed by atoms with Crippen molar-refractivity contribution < 1.29 is 18.5 Å². The lowest BCUT2D eigenvalue weighted by molar-refractivity contribution is -0.132. The number of pyridine rings is 1. The summed E-state index contributed by atoms with van der Waals surface area (Å²) in [6, 6.07) is 6.89. The number of fused-ring (bicyclic) bond motifs is 1. The van der Waals surface area contributed by atoms with Gasteiger partial charge >= 0.3 is 11.8 Å². The van der Waals surface area contributed by atoms with Gasteiger partial charge in [-0.25, -0.2) is 9.37 Å². The number of rotatable bonds is 6. The fourth-order valence-electron chi connectivity index (χ4n) is 4.88. The number of H-pyrrole nitrogens is 1. The van der Waals surface area contributed by atoms with Gasteiger partial charge in [0, 0.05) is 49.3 Å². The molecule has 11 nitrogen and oxygen atoms in total. The number of anilines is 1. The number of hydrogen-bond acceptors (Lipinski definition) is 8. The lowest BCUT2D eigenvalue weighted by atomic mass is 9.96. The van der Waals surface area contributed by atoms with Crippen LogP contribution in [0.3, 0.4) is 0 Å². The van der Waals surface area contributed by atoms with Crippen LogP contribution in [0.25, 0.3) is 22.2 Å². The molecule has 12 heteroatoms. The number of carbonyl (C=O) groups excluding carboxylic acids is 2. The Kier molecular flexibility index (Phi) is 7.26. The molecule has 40 heavy (non-hydrogen) atoms. The molecule has 5 rings (SSSR count). The zero-order valence-corrected chi connectivity index (χ0v) is 23.2. The molecule has 0 unspecified atom stereocenters. The molecule has 3 N–H and O–H groups in total. The number of piperidine rings is 1. The molecule has 0 aliphatic carbocycles. The van der Waals surface area contributed by atoms with Gasteiger partial charge in [0.15, 0.2) is 17.3 Å². The number of hydrogen-bond donors (Lipinski definition) is 3. The van der Waals surface area contributed by atoms with Gasteiger partial charge in [0.2, 0.25) is 5.91 Å². The number of nitrogens with zero attached hydrogens (tertiary/aromatic N) is 5. The molecule has 2 amide bonds. The van der Waals surface area contributed by atoms with Gasteiger partial charge in [-0.1, -0.05) is 38.1 Å². The SMILES string of the molecule is CC(=O)N1C[C@H](Nc2n[nH]c3nccc(-c4ccc(CNC(=O)c5nc(C(C)(C)C)no5)c(F)c4)c23)CC[C@@H]1C. The van der Waals surface area contributed by atoms with E-state index in [0.717, 1.165) is 23.8 Å². The molecule has 4 heterocycles. The third kappa shape index (κ3) is 5.51. The van der Waals surface area contributed by atoms with E-state index < -0.39 is 11.7 Å². The van der Waals surface area contributed by atoms with Gasteiger partial charge in [-0.3, -0.25) is 14.7 Å². The number of aromatic nitrogens is 5. The van der Waals surface area contributed by atoms with Crippen molar-refractivity contribution in [3.05, 3.63) is 53.6 Å². The van der Waals surface area contributed by atoms with Crippen LogP contribution in [0.15, 0.2) is 35.0 Å². The van der Waals surface area contributed by atoms with Crippen molar-refractivity contribution in [1.82, 2.24) is 35.5 Å².